The number of carbonyl (C=O) groups is 4. The van der Waals surface area contributed by atoms with Crippen molar-refractivity contribution in [3.63, 3.8) is 0 Å². The van der Waals surface area contributed by atoms with Crippen LogP contribution in [0.5, 0.6) is 5.75 Å². The minimum atomic E-state index is -1.31. The van der Waals surface area contributed by atoms with E-state index in [0.717, 1.165) is 16.5 Å². The summed E-state index contributed by atoms with van der Waals surface area (Å²) in [6.45, 7) is 0.320. The van der Waals surface area contributed by atoms with Gasteiger partial charge in [0.2, 0.25) is 17.7 Å². The van der Waals surface area contributed by atoms with Gasteiger partial charge >= 0.3 is 5.97 Å². The zero-order chi connectivity index (χ0) is 35.9. The van der Waals surface area contributed by atoms with Crippen molar-refractivity contribution in [1.29, 1.82) is 0 Å². The maximum absolute atomic E-state index is 13.7. The number of phenols is 1. The summed E-state index contributed by atoms with van der Waals surface area (Å²) in [4.78, 5) is 63.4. The van der Waals surface area contributed by atoms with Crippen molar-refractivity contribution in [3.8, 4) is 5.75 Å². The number of aliphatic carboxylic acids is 1. The number of rotatable bonds is 19. The molecule has 0 saturated heterocycles. The smallest absolute Gasteiger partial charge is 0.326 e. The van der Waals surface area contributed by atoms with Crippen LogP contribution in [0.25, 0.3) is 10.9 Å². The molecule has 0 unspecified atom stereocenters. The van der Waals surface area contributed by atoms with E-state index in [1.165, 1.54) is 12.1 Å². The molecule has 0 bridgehead atoms. The number of guanidine groups is 2. The Labute approximate surface area is 282 Å². The molecule has 3 rings (SSSR count). The van der Waals surface area contributed by atoms with Crippen molar-refractivity contribution in [2.24, 2.45) is 38.7 Å². The van der Waals surface area contributed by atoms with Crippen LogP contribution in [0, 0.1) is 0 Å². The summed E-state index contributed by atoms with van der Waals surface area (Å²) in [5.41, 5.74) is 30.1. The first kappa shape index (κ1) is 37.6. The third-order valence-electron chi connectivity index (χ3n) is 7.60. The fraction of sp³-hybridized carbons (Fsp3) is 0.375. The maximum atomic E-state index is 13.7. The number of H-pyrrole nitrogens is 1. The van der Waals surface area contributed by atoms with Gasteiger partial charge in [0.05, 0.1) is 6.04 Å². The van der Waals surface area contributed by atoms with Crippen LogP contribution in [0.1, 0.15) is 36.8 Å². The van der Waals surface area contributed by atoms with Crippen LogP contribution in [0.3, 0.4) is 0 Å². The molecule has 49 heavy (non-hydrogen) atoms. The van der Waals surface area contributed by atoms with Gasteiger partial charge in [-0.05, 0) is 61.4 Å². The van der Waals surface area contributed by atoms with E-state index in [2.05, 4.69) is 30.9 Å². The molecule has 0 radical (unpaired) electrons. The van der Waals surface area contributed by atoms with Crippen LogP contribution in [0.2, 0.25) is 0 Å². The van der Waals surface area contributed by atoms with E-state index in [0.29, 0.717) is 12.0 Å². The first-order chi connectivity index (χ1) is 23.3. The van der Waals surface area contributed by atoms with Crippen LogP contribution < -0.4 is 44.6 Å². The molecule has 17 heteroatoms. The Morgan fingerprint density at radius 3 is 1.90 bits per heavy atom. The van der Waals surface area contributed by atoms with E-state index in [9.17, 15) is 29.4 Å². The highest BCUT2D eigenvalue weighted by atomic mass is 16.4. The quantitative estimate of drug-likeness (QED) is 0.0399. The summed E-state index contributed by atoms with van der Waals surface area (Å²) in [5, 5.41) is 28.2. The van der Waals surface area contributed by atoms with E-state index in [4.69, 9.17) is 28.7 Å². The number of carboxylic acids is 1. The number of para-hydroxylation sites is 1. The predicted octanol–water partition coefficient (Wildman–Crippen LogP) is -1.37. The van der Waals surface area contributed by atoms with Gasteiger partial charge in [-0.15, -0.1) is 0 Å². The number of aliphatic imine (C=N–C) groups is 2. The van der Waals surface area contributed by atoms with E-state index in [1.54, 1.807) is 18.3 Å². The number of aromatic nitrogens is 1. The van der Waals surface area contributed by atoms with Crippen LogP contribution in [-0.2, 0) is 32.0 Å². The lowest BCUT2D eigenvalue weighted by molar-refractivity contribution is -0.142. The minimum absolute atomic E-state index is 0.00645. The molecular weight excluding hydrogens is 634 g/mol. The Morgan fingerprint density at radius 1 is 0.735 bits per heavy atom. The molecule has 16 N–H and O–H groups in total. The monoisotopic (exact) mass is 679 g/mol. The van der Waals surface area contributed by atoms with Gasteiger partial charge in [0.1, 0.15) is 23.9 Å². The number of nitrogens with one attached hydrogen (secondary N) is 4. The number of phenolic OH excluding ortho intramolecular Hbond substituents is 1. The second-order valence-corrected chi connectivity index (χ2v) is 11.5. The molecule has 4 atom stereocenters. The van der Waals surface area contributed by atoms with E-state index in [-0.39, 0.29) is 62.9 Å². The Bertz CT molecular complexity index is 1630. The van der Waals surface area contributed by atoms with E-state index >= 15 is 0 Å². The first-order valence-electron chi connectivity index (χ1n) is 15.7. The molecule has 1 heterocycles. The summed E-state index contributed by atoms with van der Waals surface area (Å²) in [6.07, 6.45) is 2.54. The number of carbonyl (C=O) groups excluding carboxylic acids is 3. The van der Waals surface area contributed by atoms with Gasteiger partial charge in [0.25, 0.3) is 0 Å². The number of nitrogens with two attached hydrogens (primary N) is 5. The molecule has 1 aromatic heterocycles. The van der Waals surface area contributed by atoms with Crippen LogP contribution >= 0.6 is 0 Å². The van der Waals surface area contributed by atoms with Crippen molar-refractivity contribution in [2.45, 2.75) is 62.7 Å². The van der Waals surface area contributed by atoms with Crippen LogP contribution in [0.15, 0.2) is 64.7 Å². The minimum Gasteiger partial charge on any atom is -0.508 e. The number of hydrogen-bond acceptors (Lipinski definition) is 8. The number of carboxylic acid groups (broad SMARTS) is 1. The molecule has 17 nitrogen and oxygen atoms in total. The second-order valence-electron chi connectivity index (χ2n) is 11.5. The molecule has 0 saturated carbocycles. The van der Waals surface area contributed by atoms with Crippen molar-refractivity contribution in [1.82, 2.24) is 20.9 Å². The Hall–Kier alpha value is -5.84. The number of aromatic hydroxyl groups is 1. The fourth-order valence-corrected chi connectivity index (χ4v) is 5.06. The maximum Gasteiger partial charge on any atom is 0.326 e. The highest BCUT2D eigenvalue weighted by molar-refractivity contribution is 5.94. The molecule has 0 aliphatic rings. The molecule has 3 amide bonds. The summed E-state index contributed by atoms with van der Waals surface area (Å²) < 4.78 is 0. The molecule has 0 spiro atoms. The Balaban J connectivity index is 1.79. The standard InChI is InChI=1S/C32H45N11O6/c33-22(16-19-17-40-23-6-2-1-5-21(19)23)27(45)41-24(7-3-13-38-31(34)35)28(46)43-26(15-18-9-11-20(44)12-10-18)29(47)42-25(30(48)49)8-4-14-39-32(36)37/h1-2,5-6,9-12,17,22,24-26,40,44H,3-4,7-8,13-16,33H2,(H,41,45)(H,42,47)(H,43,46)(H,48,49)(H4,34,35,38)(H4,36,37,39)/t22-,24-,25-,26-/m0/s1. The van der Waals surface area contributed by atoms with Gasteiger partial charge in [-0.1, -0.05) is 30.3 Å². The number of hydrogen-bond donors (Lipinski definition) is 11. The zero-order valence-electron chi connectivity index (χ0n) is 27.0. The molecule has 0 aliphatic carbocycles. The van der Waals surface area contributed by atoms with E-state index in [1.807, 2.05) is 24.3 Å². The average Bonchev–Trinajstić information content (AvgIpc) is 3.46. The van der Waals surface area contributed by atoms with E-state index < -0.39 is 47.9 Å². The summed E-state index contributed by atoms with van der Waals surface area (Å²) in [7, 11) is 0. The van der Waals surface area contributed by atoms with Crippen LogP contribution in [-0.4, -0.2) is 88.1 Å². The summed E-state index contributed by atoms with van der Waals surface area (Å²) in [6, 6.07) is 8.77. The van der Waals surface area contributed by atoms with Crippen molar-refractivity contribution >= 4 is 46.5 Å². The molecule has 2 aromatic carbocycles. The normalized spacial score (nSPS) is 13.3. The Kier molecular flexibility index (Phi) is 14.2. The van der Waals surface area contributed by atoms with Crippen molar-refractivity contribution in [2.75, 3.05) is 13.1 Å². The first-order valence-corrected chi connectivity index (χ1v) is 15.7. The van der Waals surface area contributed by atoms with Crippen molar-refractivity contribution < 1.29 is 29.4 Å². The topological polar surface area (TPSA) is 315 Å². The van der Waals surface area contributed by atoms with Gasteiger partial charge in [0, 0.05) is 36.6 Å². The number of benzene rings is 2. The molecule has 264 valence electrons. The second kappa shape index (κ2) is 18.5. The van der Waals surface area contributed by atoms with Gasteiger partial charge < -0.3 is 59.8 Å². The van der Waals surface area contributed by atoms with Crippen LogP contribution in [0.4, 0.5) is 0 Å². The van der Waals surface area contributed by atoms with Gasteiger partial charge in [-0.3, -0.25) is 24.4 Å². The molecule has 3 aromatic rings. The zero-order valence-corrected chi connectivity index (χ0v) is 27.0. The lowest BCUT2D eigenvalue weighted by Gasteiger charge is -2.25. The SMILES string of the molecule is NC(N)=NCCC[C@H](NC(=O)[C@H](Cc1ccc(O)cc1)NC(=O)[C@H](CCCN=C(N)N)NC(=O)[C@@H](N)Cc1c[nH]c2ccccc12)C(=O)O. The summed E-state index contributed by atoms with van der Waals surface area (Å²) in [5.74, 6) is -3.67. The van der Waals surface area contributed by atoms with Crippen molar-refractivity contribution in [3.05, 3.63) is 65.9 Å². The number of nitrogens with zero attached hydrogens (tertiary/aromatic N) is 2. The lowest BCUT2D eigenvalue weighted by atomic mass is 10.0. The number of aromatic amines is 1. The highest BCUT2D eigenvalue weighted by Gasteiger charge is 2.30. The predicted molar refractivity (Wildman–Crippen MR) is 185 cm³/mol. The summed E-state index contributed by atoms with van der Waals surface area (Å²) >= 11 is 0. The fourth-order valence-electron chi connectivity index (χ4n) is 5.06. The number of amides is 3. The third-order valence-corrected chi connectivity index (χ3v) is 7.60. The average molecular weight is 680 g/mol. The highest BCUT2D eigenvalue weighted by Crippen LogP contribution is 2.19. The molecule has 0 aliphatic heterocycles. The van der Waals surface area contributed by atoms with Gasteiger partial charge in [0.15, 0.2) is 11.9 Å². The largest absolute Gasteiger partial charge is 0.508 e. The Morgan fingerprint density at radius 2 is 1.29 bits per heavy atom. The number of fused-ring (bicyclic) bond motifs is 1. The van der Waals surface area contributed by atoms with Gasteiger partial charge in [-0.2, -0.15) is 0 Å². The molecular formula is C32H45N11O6. The molecule has 0 fully saturated rings. The lowest BCUT2D eigenvalue weighted by Crippen LogP contribution is -2.57. The van der Waals surface area contributed by atoms with Gasteiger partial charge in [-0.25, -0.2) is 4.79 Å². The third kappa shape index (κ3) is 12.4.